The Bertz CT molecular complexity index is 797. The normalized spacial score (nSPS) is 25.2. The van der Waals surface area contributed by atoms with E-state index in [-0.39, 0.29) is 11.9 Å². The van der Waals surface area contributed by atoms with Gasteiger partial charge in [-0.05, 0) is 56.1 Å². The highest BCUT2D eigenvalue weighted by atomic mass is 16.3. The number of nitrogens with one attached hydrogen (secondary N) is 1. The first-order chi connectivity index (χ1) is 11.7. The lowest BCUT2D eigenvalue weighted by atomic mass is 9.84. The van der Waals surface area contributed by atoms with Gasteiger partial charge in [-0.2, -0.15) is 5.26 Å². The number of nitriles is 1. The van der Waals surface area contributed by atoms with Crippen LogP contribution in [-0.2, 0) is 0 Å². The number of benzene rings is 1. The molecule has 1 atom stereocenters. The molecule has 0 spiro atoms. The van der Waals surface area contributed by atoms with Gasteiger partial charge in [0.15, 0.2) is 5.76 Å². The summed E-state index contributed by atoms with van der Waals surface area (Å²) in [5.41, 5.74) is 1.37. The molecular formula is C19H19N3O2. The summed E-state index contributed by atoms with van der Waals surface area (Å²) in [7, 11) is 0. The number of hydrogen-bond donors (Lipinski definition) is 1. The van der Waals surface area contributed by atoms with E-state index in [1.165, 1.54) is 0 Å². The van der Waals surface area contributed by atoms with Crippen LogP contribution >= 0.6 is 0 Å². The molecule has 5 rings (SSSR count). The molecule has 4 heterocycles. The van der Waals surface area contributed by atoms with Crippen LogP contribution in [0.3, 0.4) is 0 Å². The molecule has 0 unspecified atom stereocenters. The summed E-state index contributed by atoms with van der Waals surface area (Å²) in [5.74, 6) is 1.35. The standard InChI is InChI=1S/C19H19N3O2/c20-11-13-2-1-3-15(10-13)17-4-5-18(24-17)19(23)21-16-12-22-8-6-14(16)7-9-22/h1-5,10,14,16H,6-9,12H2,(H,21,23)/t16-/m0/s1. The van der Waals surface area contributed by atoms with Crippen molar-refractivity contribution in [2.75, 3.05) is 19.6 Å². The Balaban J connectivity index is 1.48. The first-order valence-corrected chi connectivity index (χ1v) is 8.36. The molecule has 1 aromatic heterocycles. The summed E-state index contributed by atoms with van der Waals surface area (Å²) in [4.78, 5) is 14.9. The predicted molar refractivity (Wildman–Crippen MR) is 89.3 cm³/mol. The third-order valence-electron chi connectivity index (χ3n) is 5.08. The smallest absolute Gasteiger partial charge is 0.287 e. The van der Waals surface area contributed by atoms with Crippen LogP contribution in [0.25, 0.3) is 11.3 Å². The minimum Gasteiger partial charge on any atom is -0.451 e. The van der Waals surface area contributed by atoms with Gasteiger partial charge in [0.25, 0.3) is 5.91 Å². The van der Waals surface area contributed by atoms with Crippen LogP contribution in [0.4, 0.5) is 0 Å². The van der Waals surface area contributed by atoms with E-state index >= 15 is 0 Å². The molecule has 0 radical (unpaired) electrons. The predicted octanol–water partition coefficient (Wildman–Crippen LogP) is 2.64. The monoisotopic (exact) mass is 321 g/mol. The molecule has 3 aliphatic heterocycles. The van der Waals surface area contributed by atoms with E-state index in [1.807, 2.05) is 12.1 Å². The molecule has 1 amide bonds. The zero-order valence-electron chi connectivity index (χ0n) is 13.4. The Morgan fingerprint density at radius 1 is 1.25 bits per heavy atom. The fourth-order valence-electron chi connectivity index (χ4n) is 3.73. The molecule has 2 aromatic rings. The summed E-state index contributed by atoms with van der Waals surface area (Å²) in [6, 6.07) is 13.0. The highest BCUT2D eigenvalue weighted by Crippen LogP contribution is 2.28. The van der Waals surface area contributed by atoms with Gasteiger partial charge in [-0.15, -0.1) is 0 Å². The van der Waals surface area contributed by atoms with Crippen molar-refractivity contribution in [1.82, 2.24) is 10.2 Å². The van der Waals surface area contributed by atoms with E-state index in [2.05, 4.69) is 16.3 Å². The van der Waals surface area contributed by atoms with Gasteiger partial charge >= 0.3 is 0 Å². The van der Waals surface area contributed by atoms with Crippen molar-refractivity contribution in [2.24, 2.45) is 5.92 Å². The molecule has 1 aromatic carbocycles. The zero-order chi connectivity index (χ0) is 16.5. The summed E-state index contributed by atoms with van der Waals surface area (Å²) < 4.78 is 5.72. The molecule has 0 saturated carbocycles. The van der Waals surface area contributed by atoms with Crippen molar-refractivity contribution in [3.8, 4) is 17.4 Å². The molecule has 2 bridgehead atoms. The number of carbonyl (C=O) groups excluding carboxylic acids is 1. The number of rotatable bonds is 3. The lowest BCUT2D eigenvalue weighted by molar-refractivity contribution is 0.0606. The molecule has 5 heteroatoms. The highest BCUT2D eigenvalue weighted by Gasteiger charge is 2.35. The van der Waals surface area contributed by atoms with Crippen LogP contribution in [0.2, 0.25) is 0 Å². The van der Waals surface area contributed by atoms with E-state index in [0.29, 0.717) is 23.0 Å². The summed E-state index contributed by atoms with van der Waals surface area (Å²) in [5, 5.41) is 12.1. The summed E-state index contributed by atoms with van der Waals surface area (Å²) in [6.07, 6.45) is 2.32. The fourth-order valence-corrected chi connectivity index (χ4v) is 3.73. The first kappa shape index (κ1) is 15.0. The molecule has 3 aliphatic rings. The van der Waals surface area contributed by atoms with Crippen LogP contribution < -0.4 is 5.32 Å². The van der Waals surface area contributed by atoms with Crippen molar-refractivity contribution in [2.45, 2.75) is 18.9 Å². The average molecular weight is 321 g/mol. The zero-order valence-corrected chi connectivity index (χ0v) is 13.4. The SMILES string of the molecule is N#Cc1cccc(-c2ccc(C(=O)N[C@H]3CN4CCC3CC4)o2)c1. The lowest BCUT2D eigenvalue weighted by Gasteiger charge is -2.44. The molecule has 3 fully saturated rings. The third-order valence-corrected chi connectivity index (χ3v) is 5.08. The molecular weight excluding hydrogens is 302 g/mol. The van der Waals surface area contributed by atoms with Crippen molar-refractivity contribution in [1.29, 1.82) is 5.26 Å². The van der Waals surface area contributed by atoms with Gasteiger partial charge in [0.1, 0.15) is 5.76 Å². The van der Waals surface area contributed by atoms with Crippen molar-refractivity contribution >= 4 is 5.91 Å². The summed E-state index contributed by atoms with van der Waals surface area (Å²) in [6.45, 7) is 3.24. The third kappa shape index (κ3) is 2.81. The van der Waals surface area contributed by atoms with E-state index in [0.717, 1.165) is 38.0 Å². The second-order valence-electron chi connectivity index (χ2n) is 6.57. The lowest BCUT2D eigenvalue weighted by Crippen LogP contribution is -2.57. The number of fused-ring (bicyclic) bond motifs is 3. The minimum atomic E-state index is -0.156. The molecule has 122 valence electrons. The van der Waals surface area contributed by atoms with Crippen LogP contribution in [-0.4, -0.2) is 36.5 Å². The van der Waals surface area contributed by atoms with Crippen LogP contribution in [0.5, 0.6) is 0 Å². The number of hydrogen-bond acceptors (Lipinski definition) is 4. The van der Waals surface area contributed by atoms with Gasteiger partial charge in [-0.25, -0.2) is 0 Å². The first-order valence-electron chi connectivity index (χ1n) is 8.36. The second-order valence-corrected chi connectivity index (χ2v) is 6.57. The van der Waals surface area contributed by atoms with Gasteiger partial charge in [-0.3, -0.25) is 4.79 Å². The molecule has 24 heavy (non-hydrogen) atoms. The Labute approximate surface area is 140 Å². The Hall–Kier alpha value is -2.58. The summed E-state index contributed by atoms with van der Waals surface area (Å²) >= 11 is 0. The largest absolute Gasteiger partial charge is 0.451 e. The maximum absolute atomic E-state index is 12.5. The van der Waals surface area contributed by atoms with Crippen LogP contribution in [0, 0.1) is 17.2 Å². The van der Waals surface area contributed by atoms with Crippen LogP contribution in [0.15, 0.2) is 40.8 Å². The Morgan fingerprint density at radius 2 is 2.08 bits per heavy atom. The number of amides is 1. The van der Waals surface area contributed by atoms with Crippen molar-refractivity contribution in [3.05, 3.63) is 47.7 Å². The van der Waals surface area contributed by atoms with E-state index in [4.69, 9.17) is 9.68 Å². The Morgan fingerprint density at radius 3 is 2.79 bits per heavy atom. The molecule has 1 N–H and O–H groups in total. The number of piperidine rings is 3. The van der Waals surface area contributed by atoms with Gasteiger partial charge in [0.2, 0.25) is 0 Å². The van der Waals surface area contributed by atoms with Gasteiger partial charge in [0.05, 0.1) is 11.6 Å². The fraction of sp³-hybridized carbons (Fsp3) is 0.368. The van der Waals surface area contributed by atoms with Gasteiger partial charge in [0, 0.05) is 18.2 Å². The topological polar surface area (TPSA) is 69.3 Å². The minimum absolute atomic E-state index is 0.156. The molecule has 5 nitrogen and oxygen atoms in total. The van der Waals surface area contributed by atoms with E-state index in [9.17, 15) is 4.79 Å². The maximum Gasteiger partial charge on any atom is 0.287 e. The van der Waals surface area contributed by atoms with E-state index < -0.39 is 0 Å². The quantitative estimate of drug-likeness (QED) is 0.943. The van der Waals surface area contributed by atoms with Crippen molar-refractivity contribution in [3.63, 3.8) is 0 Å². The average Bonchev–Trinajstić information content (AvgIpc) is 3.13. The molecule has 3 saturated heterocycles. The second kappa shape index (κ2) is 6.14. The number of carbonyl (C=O) groups is 1. The maximum atomic E-state index is 12.5. The number of nitrogens with zero attached hydrogens (tertiary/aromatic N) is 2. The highest BCUT2D eigenvalue weighted by molar-refractivity contribution is 5.92. The molecule has 0 aliphatic carbocycles. The van der Waals surface area contributed by atoms with Crippen LogP contribution in [0.1, 0.15) is 29.0 Å². The van der Waals surface area contributed by atoms with Gasteiger partial charge in [-0.1, -0.05) is 12.1 Å². The Kier molecular flexibility index (Phi) is 3.83. The number of furan rings is 1. The van der Waals surface area contributed by atoms with E-state index in [1.54, 1.807) is 24.3 Å². The van der Waals surface area contributed by atoms with Gasteiger partial charge < -0.3 is 14.6 Å². The van der Waals surface area contributed by atoms with Crippen molar-refractivity contribution < 1.29 is 9.21 Å².